The molecule has 1 unspecified atom stereocenters. The molecule has 108 valence electrons. The standard InChI is InChI=1S/C13H24N4O2/c1-3-12-15-13(19-16-12)4-5-14-11(2)10-17-6-8-18-9-7-17/h11,14H,3-10H2,1-2H3. The van der Waals surface area contributed by atoms with Crippen molar-refractivity contribution in [1.29, 1.82) is 0 Å². The van der Waals surface area contributed by atoms with Crippen LogP contribution in [-0.2, 0) is 17.6 Å². The first-order valence-electron chi connectivity index (χ1n) is 7.13. The summed E-state index contributed by atoms with van der Waals surface area (Å²) in [6.45, 7) is 9.95. The zero-order chi connectivity index (χ0) is 13.5. The highest BCUT2D eigenvalue weighted by Gasteiger charge is 2.13. The fourth-order valence-corrected chi connectivity index (χ4v) is 2.20. The van der Waals surface area contributed by atoms with E-state index in [0.717, 1.165) is 63.9 Å². The van der Waals surface area contributed by atoms with Crippen molar-refractivity contribution < 1.29 is 9.26 Å². The minimum Gasteiger partial charge on any atom is -0.379 e. The third-order valence-electron chi connectivity index (χ3n) is 3.29. The van der Waals surface area contributed by atoms with Crippen molar-refractivity contribution in [3.63, 3.8) is 0 Å². The molecule has 1 saturated heterocycles. The molecule has 1 aromatic heterocycles. The Labute approximate surface area is 114 Å². The molecule has 1 N–H and O–H groups in total. The Kier molecular flexibility index (Phi) is 5.75. The molecule has 2 heterocycles. The molecule has 1 aliphatic rings. The number of nitrogens with zero attached hydrogens (tertiary/aromatic N) is 3. The van der Waals surface area contributed by atoms with Crippen LogP contribution in [0.5, 0.6) is 0 Å². The summed E-state index contributed by atoms with van der Waals surface area (Å²) in [4.78, 5) is 6.73. The van der Waals surface area contributed by atoms with Crippen molar-refractivity contribution in [3.05, 3.63) is 11.7 Å². The lowest BCUT2D eigenvalue weighted by molar-refractivity contribution is 0.0344. The number of aryl methyl sites for hydroxylation is 1. The highest BCUT2D eigenvalue weighted by Crippen LogP contribution is 2.00. The summed E-state index contributed by atoms with van der Waals surface area (Å²) in [6.07, 6.45) is 1.62. The highest BCUT2D eigenvalue weighted by atomic mass is 16.5. The average molecular weight is 268 g/mol. The van der Waals surface area contributed by atoms with Gasteiger partial charge in [0.25, 0.3) is 0 Å². The largest absolute Gasteiger partial charge is 0.379 e. The van der Waals surface area contributed by atoms with E-state index < -0.39 is 0 Å². The molecule has 1 fully saturated rings. The van der Waals surface area contributed by atoms with Crippen LogP contribution in [0.25, 0.3) is 0 Å². The number of morpholine rings is 1. The van der Waals surface area contributed by atoms with Crippen molar-refractivity contribution >= 4 is 0 Å². The smallest absolute Gasteiger partial charge is 0.227 e. The van der Waals surface area contributed by atoms with Gasteiger partial charge in [-0.3, -0.25) is 4.90 Å². The minimum atomic E-state index is 0.465. The van der Waals surface area contributed by atoms with E-state index >= 15 is 0 Å². The summed E-state index contributed by atoms with van der Waals surface area (Å²) in [5.41, 5.74) is 0. The number of nitrogens with one attached hydrogen (secondary N) is 1. The van der Waals surface area contributed by atoms with E-state index in [4.69, 9.17) is 9.26 Å². The van der Waals surface area contributed by atoms with Gasteiger partial charge in [0.1, 0.15) is 0 Å². The van der Waals surface area contributed by atoms with E-state index in [0.29, 0.717) is 6.04 Å². The Morgan fingerprint density at radius 1 is 1.37 bits per heavy atom. The van der Waals surface area contributed by atoms with Crippen LogP contribution in [0, 0.1) is 0 Å². The zero-order valence-electron chi connectivity index (χ0n) is 11.9. The van der Waals surface area contributed by atoms with Gasteiger partial charge in [-0.2, -0.15) is 4.98 Å². The molecule has 0 spiro atoms. The van der Waals surface area contributed by atoms with Gasteiger partial charge >= 0.3 is 0 Å². The van der Waals surface area contributed by atoms with Gasteiger partial charge in [0.15, 0.2) is 5.82 Å². The van der Waals surface area contributed by atoms with Crippen LogP contribution >= 0.6 is 0 Å². The Bertz CT molecular complexity index is 363. The predicted molar refractivity (Wildman–Crippen MR) is 72.1 cm³/mol. The number of ether oxygens (including phenoxy) is 1. The van der Waals surface area contributed by atoms with Gasteiger partial charge in [-0.15, -0.1) is 0 Å². The molecule has 1 atom stereocenters. The second-order valence-electron chi connectivity index (χ2n) is 4.98. The summed E-state index contributed by atoms with van der Waals surface area (Å²) >= 11 is 0. The molecular weight excluding hydrogens is 244 g/mol. The molecule has 0 radical (unpaired) electrons. The van der Waals surface area contributed by atoms with Crippen LogP contribution in [-0.4, -0.2) is 60.5 Å². The molecule has 6 nitrogen and oxygen atoms in total. The molecule has 19 heavy (non-hydrogen) atoms. The van der Waals surface area contributed by atoms with Crippen LogP contribution in [0.15, 0.2) is 4.52 Å². The van der Waals surface area contributed by atoms with Crippen molar-refractivity contribution in [2.45, 2.75) is 32.7 Å². The fourth-order valence-electron chi connectivity index (χ4n) is 2.20. The Morgan fingerprint density at radius 3 is 2.84 bits per heavy atom. The van der Waals surface area contributed by atoms with E-state index in [1.54, 1.807) is 0 Å². The first kappa shape index (κ1) is 14.4. The molecule has 2 rings (SSSR count). The molecule has 0 bridgehead atoms. The zero-order valence-corrected chi connectivity index (χ0v) is 11.9. The van der Waals surface area contributed by atoms with Crippen LogP contribution in [0.2, 0.25) is 0 Å². The van der Waals surface area contributed by atoms with E-state index in [1.807, 2.05) is 6.92 Å². The summed E-state index contributed by atoms with van der Waals surface area (Å²) in [6, 6.07) is 0.465. The van der Waals surface area contributed by atoms with Gasteiger partial charge in [-0.25, -0.2) is 0 Å². The molecular formula is C13H24N4O2. The highest BCUT2D eigenvalue weighted by molar-refractivity contribution is 4.86. The van der Waals surface area contributed by atoms with E-state index in [-0.39, 0.29) is 0 Å². The maximum atomic E-state index is 5.34. The molecule has 0 saturated carbocycles. The average Bonchev–Trinajstić information content (AvgIpc) is 2.88. The van der Waals surface area contributed by atoms with Crippen molar-refractivity contribution in [2.75, 3.05) is 39.4 Å². The second kappa shape index (κ2) is 7.57. The summed E-state index contributed by atoms with van der Waals surface area (Å²) in [7, 11) is 0. The number of rotatable bonds is 7. The van der Waals surface area contributed by atoms with E-state index in [9.17, 15) is 0 Å². The van der Waals surface area contributed by atoms with Crippen LogP contribution in [0.3, 0.4) is 0 Å². The first-order chi connectivity index (χ1) is 9.28. The molecule has 1 aliphatic heterocycles. The first-order valence-corrected chi connectivity index (χ1v) is 7.13. The third kappa shape index (κ3) is 4.89. The number of hydrogen-bond acceptors (Lipinski definition) is 6. The summed E-state index contributed by atoms with van der Waals surface area (Å²) in [5.74, 6) is 1.51. The number of hydrogen-bond donors (Lipinski definition) is 1. The van der Waals surface area contributed by atoms with Gasteiger partial charge in [-0.05, 0) is 6.92 Å². The molecule has 0 aliphatic carbocycles. The second-order valence-corrected chi connectivity index (χ2v) is 4.98. The van der Waals surface area contributed by atoms with Crippen molar-refractivity contribution in [2.24, 2.45) is 0 Å². The maximum absolute atomic E-state index is 5.34. The quantitative estimate of drug-likeness (QED) is 0.776. The predicted octanol–water partition coefficient (Wildman–Crippen LogP) is 0.485. The van der Waals surface area contributed by atoms with Crippen molar-refractivity contribution in [3.8, 4) is 0 Å². The summed E-state index contributed by atoms with van der Waals surface area (Å²) < 4.78 is 10.5. The van der Waals surface area contributed by atoms with Crippen molar-refractivity contribution in [1.82, 2.24) is 20.4 Å². The monoisotopic (exact) mass is 268 g/mol. The topological polar surface area (TPSA) is 63.4 Å². The normalized spacial score (nSPS) is 18.6. The Balaban J connectivity index is 1.61. The lowest BCUT2D eigenvalue weighted by Gasteiger charge is -2.29. The van der Waals surface area contributed by atoms with Crippen LogP contribution in [0.1, 0.15) is 25.6 Å². The van der Waals surface area contributed by atoms with Gasteiger partial charge in [0.2, 0.25) is 5.89 Å². The van der Waals surface area contributed by atoms with Crippen LogP contribution in [0.4, 0.5) is 0 Å². The van der Waals surface area contributed by atoms with Gasteiger partial charge in [0.05, 0.1) is 13.2 Å². The SMILES string of the molecule is CCc1noc(CCNC(C)CN2CCOCC2)n1. The Morgan fingerprint density at radius 2 is 2.16 bits per heavy atom. The molecule has 1 aromatic rings. The van der Waals surface area contributed by atoms with Crippen LogP contribution < -0.4 is 5.32 Å². The lowest BCUT2D eigenvalue weighted by Crippen LogP contribution is -2.44. The fraction of sp³-hybridized carbons (Fsp3) is 0.846. The molecule has 6 heteroatoms. The van der Waals surface area contributed by atoms with Gasteiger partial charge < -0.3 is 14.6 Å². The molecule has 0 aromatic carbocycles. The van der Waals surface area contributed by atoms with Gasteiger partial charge in [0, 0.05) is 45.1 Å². The summed E-state index contributed by atoms with van der Waals surface area (Å²) in [5, 5.41) is 7.39. The minimum absolute atomic E-state index is 0.465. The number of aromatic nitrogens is 2. The van der Waals surface area contributed by atoms with E-state index in [2.05, 4.69) is 27.3 Å². The molecule has 0 amide bonds. The lowest BCUT2D eigenvalue weighted by atomic mass is 10.2. The van der Waals surface area contributed by atoms with Gasteiger partial charge in [-0.1, -0.05) is 12.1 Å². The Hall–Kier alpha value is -0.980. The van der Waals surface area contributed by atoms with E-state index in [1.165, 1.54) is 0 Å². The maximum Gasteiger partial charge on any atom is 0.227 e. The third-order valence-corrected chi connectivity index (χ3v) is 3.29.